The lowest BCUT2D eigenvalue weighted by Gasteiger charge is -2.11. The molecule has 0 unspecified atom stereocenters. The predicted molar refractivity (Wildman–Crippen MR) is 87.7 cm³/mol. The fourth-order valence-electron chi connectivity index (χ4n) is 2.26. The zero-order valence-electron chi connectivity index (χ0n) is 13.2. The number of carbonyl (C=O) groups excluding carboxylic acids is 1. The number of amides is 1. The number of carbonyl (C=O) groups is 1. The Morgan fingerprint density at radius 1 is 1.16 bits per heavy atom. The minimum atomic E-state index is -3.00. The largest absolute Gasteiger partial charge is 0.441 e. The van der Waals surface area contributed by atoms with Gasteiger partial charge in [-0.05, 0) is 36.4 Å². The van der Waals surface area contributed by atoms with Gasteiger partial charge in [-0.3, -0.25) is 4.79 Å². The van der Waals surface area contributed by atoms with Crippen LogP contribution in [0.4, 0.5) is 14.5 Å². The summed E-state index contributed by atoms with van der Waals surface area (Å²) in [4.78, 5) is 16.3. The molecule has 1 heterocycles. The molecular formula is C18H14F2N2O3. The van der Waals surface area contributed by atoms with E-state index in [9.17, 15) is 13.6 Å². The maximum atomic E-state index is 12.4. The standard InChI is InChI=1S/C18H14F2N2O3/c1-11-21-10-16(24-11)12-6-8-13(9-7-12)22-17(23)14-4-2-3-5-15(14)25-18(19)20/h2-10,18H,1H3,(H,22,23). The van der Waals surface area contributed by atoms with Crippen molar-refractivity contribution < 1.29 is 22.7 Å². The van der Waals surface area contributed by atoms with Gasteiger partial charge in [0.15, 0.2) is 11.7 Å². The normalized spacial score (nSPS) is 10.7. The Hall–Kier alpha value is -3.22. The Labute approximate surface area is 142 Å². The number of hydrogen-bond acceptors (Lipinski definition) is 4. The monoisotopic (exact) mass is 344 g/mol. The van der Waals surface area contributed by atoms with Crippen LogP contribution in [0, 0.1) is 6.92 Å². The number of para-hydroxylation sites is 1. The Morgan fingerprint density at radius 2 is 1.88 bits per heavy atom. The average molecular weight is 344 g/mol. The van der Waals surface area contributed by atoms with Crippen LogP contribution in [0.5, 0.6) is 5.75 Å². The molecule has 0 saturated carbocycles. The third-order valence-corrected chi connectivity index (χ3v) is 3.40. The SMILES string of the molecule is Cc1ncc(-c2ccc(NC(=O)c3ccccc3OC(F)F)cc2)o1. The molecule has 0 aliphatic heterocycles. The molecule has 0 spiro atoms. The summed E-state index contributed by atoms with van der Waals surface area (Å²) in [5.74, 6) is 0.456. The fourth-order valence-corrected chi connectivity index (χ4v) is 2.26. The number of hydrogen-bond donors (Lipinski definition) is 1. The molecule has 0 atom stereocenters. The van der Waals surface area contributed by atoms with E-state index < -0.39 is 12.5 Å². The van der Waals surface area contributed by atoms with E-state index >= 15 is 0 Å². The van der Waals surface area contributed by atoms with Gasteiger partial charge in [0.1, 0.15) is 5.75 Å². The minimum Gasteiger partial charge on any atom is -0.441 e. The van der Waals surface area contributed by atoms with E-state index in [2.05, 4.69) is 15.0 Å². The van der Waals surface area contributed by atoms with E-state index in [0.717, 1.165) is 5.56 Å². The second kappa shape index (κ2) is 7.12. The van der Waals surface area contributed by atoms with Crippen molar-refractivity contribution in [1.29, 1.82) is 0 Å². The summed E-state index contributed by atoms with van der Waals surface area (Å²) in [5, 5.41) is 2.65. The second-order valence-electron chi connectivity index (χ2n) is 5.15. The number of ether oxygens (including phenoxy) is 1. The van der Waals surface area contributed by atoms with E-state index in [-0.39, 0.29) is 11.3 Å². The van der Waals surface area contributed by atoms with Crippen LogP contribution in [0.1, 0.15) is 16.2 Å². The van der Waals surface area contributed by atoms with E-state index in [1.54, 1.807) is 43.5 Å². The molecular weight excluding hydrogens is 330 g/mol. The van der Waals surface area contributed by atoms with Gasteiger partial charge in [0.05, 0.1) is 11.8 Å². The van der Waals surface area contributed by atoms with E-state index in [4.69, 9.17) is 4.42 Å². The molecule has 0 aliphatic carbocycles. The van der Waals surface area contributed by atoms with Gasteiger partial charge in [-0.2, -0.15) is 8.78 Å². The number of aryl methyl sites for hydroxylation is 1. The maximum Gasteiger partial charge on any atom is 0.387 e. The van der Waals surface area contributed by atoms with E-state index in [1.807, 2.05) is 0 Å². The van der Waals surface area contributed by atoms with Crippen LogP contribution in [0.25, 0.3) is 11.3 Å². The number of alkyl halides is 2. The van der Waals surface area contributed by atoms with Crippen molar-refractivity contribution in [2.24, 2.45) is 0 Å². The van der Waals surface area contributed by atoms with Crippen molar-refractivity contribution in [3.05, 3.63) is 66.2 Å². The highest BCUT2D eigenvalue weighted by molar-refractivity contribution is 6.06. The first-order chi connectivity index (χ1) is 12.0. The average Bonchev–Trinajstić information content (AvgIpc) is 3.02. The highest BCUT2D eigenvalue weighted by Gasteiger charge is 2.15. The number of nitrogens with zero attached hydrogens (tertiary/aromatic N) is 1. The molecule has 0 radical (unpaired) electrons. The zero-order valence-corrected chi connectivity index (χ0v) is 13.2. The molecule has 0 aliphatic rings. The summed E-state index contributed by atoms with van der Waals surface area (Å²) in [7, 11) is 0. The second-order valence-corrected chi connectivity index (χ2v) is 5.15. The number of halogens is 2. The van der Waals surface area contributed by atoms with Crippen molar-refractivity contribution in [1.82, 2.24) is 4.98 Å². The summed E-state index contributed by atoms with van der Waals surface area (Å²) in [6.07, 6.45) is 1.61. The van der Waals surface area contributed by atoms with Gasteiger partial charge < -0.3 is 14.5 Å². The Balaban J connectivity index is 1.75. The summed E-state index contributed by atoms with van der Waals surface area (Å²) in [6, 6.07) is 12.7. The van der Waals surface area contributed by atoms with Crippen LogP contribution >= 0.6 is 0 Å². The van der Waals surface area contributed by atoms with Crippen LogP contribution in [-0.2, 0) is 0 Å². The lowest BCUT2D eigenvalue weighted by molar-refractivity contribution is -0.0501. The molecule has 3 aromatic rings. The van der Waals surface area contributed by atoms with Gasteiger partial charge in [-0.25, -0.2) is 4.98 Å². The first kappa shape index (κ1) is 16.6. The number of nitrogens with one attached hydrogen (secondary N) is 1. The quantitative estimate of drug-likeness (QED) is 0.740. The molecule has 0 fully saturated rings. The van der Waals surface area contributed by atoms with Crippen LogP contribution in [0.3, 0.4) is 0 Å². The van der Waals surface area contributed by atoms with Gasteiger partial charge >= 0.3 is 6.61 Å². The summed E-state index contributed by atoms with van der Waals surface area (Å²) in [6.45, 7) is -1.25. The van der Waals surface area contributed by atoms with Gasteiger partial charge in [-0.15, -0.1) is 0 Å². The number of benzene rings is 2. The lowest BCUT2D eigenvalue weighted by Crippen LogP contribution is -2.14. The van der Waals surface area contributed by atoms with E-state index in [1.165, 1.54) is 18.2 Å². The van der Waals surface area contributed by atoms with Crippen LogP contribution < -0.4 is 10.1 Å². The zero-order chi connectivity index (χ0) is 17.8. The molecule has 25 heavy (non-hydrogen) atoms. The Bertz CT molecular complexity index is 876. The van der Waals surface area contributed by atoms with Crippen molar-refractivity contribution in [2.45, 2.75) is 13.5 Å². The van der Waals surface area contributed by atoms with Gasteiger partial charge in [0, 0.05) is 18.2 Å². The molecule has 0 saturated heterocycles. The summed E-state index contributed by atoms with van der Waals surface area (Å²) >= 11 is 0. The molecule has 7 heteroatoms. The van der Waals surface area contributed by atoms with Gasteiger partial charge in [0.2, 0.25) is 0 Å². The van der Waals surface area contributed by atoms with E-state index in [0.29, 0.717) is 17.3 Å². The van der Waals surface area contributed by atoms with Crippen LogP contribution in [0.15, 0.2) is 59.1 Å². The smallest absolute Gasteiger partial charge is 0.387 e. The summed E-state index contributed by atoms with van der Waals surface area (Å²) < 4.78 is 34.7. The molecule has 3 rings (SSSR count). The first-order valence-electron chi connectivity index (χ1n) is 7.41. The fraction of sp³-hybridized carbons (Fsp3) is 0.111. The van der Waals surface area contributed by atoms with Crippen molar-refractivity contribution in [3.63, 3.8) is 0 Å². The summed E-state index contributed by atoms with van der Waals surface area (Å²) in [5.41, 5.74) is 1.34. The number of oxazole rings is 1. The molecule has 5 nitrogen and oxygen atoms in total. The number of anilines is 1. The third kappa shape index (κ3) is 4.00. The first-order valence-corrected chi connectivity index (χ1v) is 7.41. The third-order valence-electron chi connectivity index (χ3n) is 3.40. The number of rotatable bonds is 5. The predicted octanol–water partition coefficient (Wildman–Crippen LogP) is 4.50. The topological polar surface area (TPSA) is 64.4 Å². The minimum absolute atomic E-state index is 0.0257. The molecule has 128 valence electrons. The lowest BCUT2D eigenvalue weighted by atomic mass is 10.1. The molecule has 2 aromatic carbocycles. The maximum absolute atomic E-state index is 12.4. The van der Waals surface area contributed by atoms with Crippen molar-refractivity contribution in [2.75, 3.05) is 5.32 Å². The highest BCUT2D eigenvalue weighted by Crippen LogP contribution is 2.24. The molecule has 1 N–H and O–H groups in total. The molecule has 1 amide bonds. The van der Waals surface area contributed by atoms with Gasteiger partial charge in [-0.1, -0.05) is 12.1 Å². The van der Waals surface area contributed by atoms with Crippen molar-refractivity contribution >= 4 is 11.6 Å². The van der Waals surface area contributed by atoms with Crippen molar-refractivity contribution in [3.8, 4) is 17.1 Å². The Kier molecular flexibility index (Phi) is 4.74. The number of aromatic nitrogens is 1. The molecule has 0 bridgehead atoms. The highest BCUT2D eigenvalue weighted by atomic mass is 19.3. The Morgan fingerprint density at radius 3 is 2.52 bits per heavy atom. The van der Waals surface area contributed by atoms with Gasteiger partial charge in [0.25, 0.3) is 5.91 Å². The molecule has 1 aromatic heterocycles. The van der Waals surface area contributed by atoms with Crippen LogP contribution in [0.2, 0.25) is 0 Å². The van der Waals surface area contributed by atoms with Crippen LogP contribution in [-0.4, -0.2) is 17.5 Å².